The molecule has 0 aromatic heterocycles. The van der Waals surface area contributed by atoms with Crippen molar-refractivity contribution in [3.05, 3.63) is 95.6 Å². The minimum Gasteiger partial charge on any atom is -0.508 e. The molecule has 0 aliphatic rings. The van der Waals surface area contributed by atoms with Crippen LogP contribution in [0.25, 0.3) is 6.08 Å². The van der Waals surface area contributed by atoms with Crippen molar-refractivity contribution in [1.82, 2.24) is 0 Å². The number of aryl methyl sites for hydroxylation is 1. The van der Waals surface area contributed by atoms with Crippen molar-refractivity contribution < 1.29 is 18.3 Å². The second-order valence-corrected chi connectivity index (χ2v) is 7.94. The molecule has 0 bridgehead atoms. The predicted molar refractivity (Wildman–Crippen MR) is 110 cm³/mol. The van der Waals surface area contributed by atoms with Crippen molar-refractivity contribution in [1.29, 1.82) is 0 Å². The lowest BCUT2D eigenvalue weighted by molar-refractivity contribution is 0.104. The lowest BCUT2D eigenvalue weighted by Gasteiger charge is -2.11. The van der Waals surface area contributed by atoms with Gasteiger partial charge in [0.05, 0.1) is 10.6 Å². The quantitative estimate of drug-likeness (QED) is 0.480. The van der Waals surface area contributed by atoms with E-state index >= 15 is 0 Å². The van der Waals surface area contributed by atoms with E-state index in [0.717, 1.165) is 11.1 Å². The van der Waals surface area contributed by atoms with Crippen LogP contribution >= 0.6 is 0 Å². The number of aromatic hydroxyl groups is 1. The molecule has 142 valence electrons. The first kappa shape index (κ1) is 19.4. The third-order valence-electron chi connectivity index (χ3n) is 4.09. The van der Waals surface area contributed by atoms with Crippen LogP contribution in [0, 0.1) is 6.92 Å². The molecule has 0 amide bonds. The Morgan fingerprint density at radius 2 is 1.57 bits per heavy atom. The van der Waals surface area contributed by atoms with Crippen LogP contribution in [-0.2, 0) is 10.0 Å². The smallest absolute Gasteiger partial charge is 0.261 e. The van der Waals surface area contributed by atoms with Crippen molar-refractivity contribution in [2.24, 2.45) is 0 Å². The molecule has 0 spiro atoms. The number of phenolic OH excluding ortho intramolecular Hbond substituents is 1. The number of benzene rings is 3. The highest BCUT2D eigenvalue weighted by atomic mass is 32.2. The van der Waals surface area contributed by atoms with Crippen LogP contribution in [0.1, 0.15) is 21.5 Å². The van der Waals surface area contributed by atoms with Gasteiger partial charge in [-0.1, -0.05) is 48.0 Å². The zero-order valence-corrected chi connectivity index (χ0v) is 16.0. The number of anilines is 1. The van der Waals surface area contributed by atoms with E-state index < -0.39 is 10.0 Å². The van der Waals surface area contributed by atoms with E-state index in [-0.39, 0.29) is 27.7 Å². The second kappa shape index (κ2) is 8.10. The molecule has 0 saturated carbocycles. The second-order valence-electron chi connectivity index (χ2n) is 6.25. The molecule has 3 aromatic rings. The molecule has 0 atom stereocenters. The van der Waals surface area contributed by atoms with Gasteiger partial charge in [-0.05, 0) is 55.0 Å². The first-order valence-corrected chi connectivity index (χ1v) is 10.0. The van der Waals surface area contributed by atoms with Gasteiger partial charge in [0.15, 0.2) is 5.78 Å². The largest absolute Gasteiger partial charge is 0.508 e. The normalized spacial score (nSPS) is 11.5. The molecular formula is C22H19NO4S. The topological polar surface area (TPSA) is 83.5 Å². The molecule has 5 nitrogen and oxygen atoms in total. The van der Waals surface area contributed by atoms with Crippen LogP contribution in [0.5, 0.6) is 5.75 Å². The van der Waals surface area contributed by atoms with Crippen LogP contribution in [0.15, 0.2) is 83.8 Å². The Morgan fingerprint density at radius 3 is 2.25 bits per heavy atom. The van der Waals surface area contributed by atoms with E-state index in [2.05, 4.69) is 4.72 Å². The van der Waals surface area contributed by atoms with Crippen molar-refractivity contribution in [3.8, 4) is 5.75 Å². The Hall–Kier alpha value is -3.38. The molecule has 2 N–H and O–H groups in total. The molecule has 0 fully saturated rings. The monoisotopic (exact) mass is 393 g/mol. The van der Waals surface area contributed by atoms with Gasteiger partial charge in [-0.15, -0.1) is 0 Å². The van der Waals surface area contributed by atoms with Crippen LogP contribution in [0.4, 0.5) is 5.69 Å². The molecule has 0 heterocycles. The zero-order chi connectivity index (χ0) is 20.1. The van der Waals surface area contributed by atoms with E-state index in [9.17, 15) is 18.3 Å². The SMILES string of the molecule is Cc1ccc(S(=O)(=O)Nc2ccccc2C(=O)C=Cc2ccc(O)cc2)cc1. The first-order valence-electron chi connectivity index (χ1n) is 8.55. The summed E-state index contributed by atoms with van der Waals surface area (Å²) < 4.78 is 27.8. The maximum absolute atomic E-state index is 12.6. The van der Waals surface area contributed by atoms with E-state index in [1.165, 1.54) is 30.3 Å². The number of nitrogens with one attached hydrogen (secondary N) is 1. The van der Waals surface area contributed by atoms with Gasteiger partial charge in [0, 0.05) is 5.56 Å². The number of sulfonamides is 1. The molecule has 3 rings (SSSR count). The number of rotatable bonds is 6. The van der Waals surface area contributed by atoms with Gasteiger partial charge in [0.25, 0.3) is 10.0 Å². The highest BCUT2D eigenvalue weighted by molar-refractivity contribution is 7.92. The molecule has 0 radical (unpaired) electrons. The van der Waals surface area contributed by atoms with Gasteiger partial charge in [-0.2, -0.15) is 0 Å². The Balaban J connectivity index is 1.85. The van der Waals surface area contributed by atoms with Gasteiger partial charge < -0.3 is 5.11 Å². The average molecular weight is 393 g/mol. The van der Waals surface area contributed by atoms with Gasteiger partial charge >= 0.3 is 0 Å². The summed E-state index contributed by atoms with van der Waals surface area (Å²) in [5.74, 6) is -0.199. The lowest BCUT2D eigenvalue weighted by Crippen LogP contribution is -2.15. The third kappa shape index (κ3) is 4.66. The van der Waals surface area contributed by atoms with Gasteiger partial charge in [-0.25, -0.2) is 8.42 Å². The standard InChI is InChI=1S/C22H19NO4S/c1-16-6-13-19(14-7-16)28(26,27)23-21-5-3-2-4-20(21)22(25)15-10-17-8-11-18(24)12-9-17/h2-15,23-24H,1H3. The minimum absolute atomic E-state index is 0.125. The number of para-hydroxylation sites is 1. The van der Waals surface area contributed by atoms with Crippen LogP contribution in [0.3, 0.4) is 0 Å². The number of allylic oxidation sites excluding steroid dienone is 1. The Kier molecular flexibility index (Phi) is 5.61. The fraction of sp³-hybridized carbons (Fsp3) is 0.0455. The highest BCUT2D eigenvalue weighted by Crippen LogP contribution is 2.22. The van der Waals surface area contributed by atoms with E-state index in [1.54, 1.807) is 54.6 Å². The summed E-state index contributed by atoms with van der Waals surface area (Å²) in [5, 5.41) is 9.31. The number of hydrogen-bond acceptors (Lipinski definition) is 4. The zero-order valence-electron chi connectivity index (χ0n) is 15.2. The van der Waals surface area contributed by atoms with E-state index in [1.807, 2.05) is 6.92 Å². The Labute approximate surface area is 164 Å². The van der Waals surface area contributed by atoms with Crippen LogP contribution < -0.4 is 4.72 Å². The van der Waals surface area contributed by atoms with E-state index in [4.69, 9.17) is 0 Å². The molecule has 0 unspecified atom stereocenters. The van der Waals surface area contributed by atoms with E-state index in [0.29, 0.717) is 0 Å². The van der Waals surface area contributed by atoms with Gasteiger partial charge in [0.2, 0.25) is 0 Å². The fourth-order valence-corrected chi connectivity index (χ4v) is 3.63. The summed E-state index contributed by atoms with van der Waals surface area (Å²) in [7, 11) is -3.81. The molecule has 3 aromatic carbocycles. The number of hydrogen-bond donors (Lipinski definition) is 2. The fourth-order valence-electron chi connectivity index (χ4n) is 2.56. The summed E-state index contributed by atoms with van der Waals surface area (Å²) in [6.45, 7) is 1.87. The summed E-state index contributed by atoms with van der Waals surface area (Å²) in [6, 6.07) is 19.3. The number of phenols is 1. The Morgan fingerprint density at radius 1 is 0.929 bits per heavy atom. The van der Waals surface area contributed by atoms with Crippen LogP contribution in [0.2, 0.25) is 0 Å². The summed E-state index contributed by atoms with van der Waals surface area (Å²) in [4.78, 5) is 12.7. The minimum atomic E-state index is -3.81. The average Bonchev–Trinajstić information content (AvgIpc) is 2.68. The maximum Gasteiger partial charge on any atom is 0.261 e. The summed E-state index contributed by atoms with van der Waals surface area (Å²) in [5.41, 5.74) is 2.15. The molecule has 0 aliphatic heterocycles. The number of carbonyl (C=O) groups excluding carboxylic acids is 1. The predicted octanol–water partition coefficient (Wildman–Crippen LogP) is 4.40. The number of ketones is 1. The van der Waals surface area contributed by atoms with Gasteiger partial charge in [0.1, 0.15) is 5.75 Å². The van der Waals surface area contributed by atoms with Crippen molar-refractivity contribution in [2.45, 2.75) is 11.8 Å². The van der Waals surface area contributed by atoms with Gasteiger partial charge in [-0.3, -0.25) is 9.52 Å². The first-order chi connectivity index (χ1) is 13.3. The Bertz CT molecular complexity index is 1120. The maximum atomic E-state index is 12.6. The molecule has 0 saturated heterocycles. The molecular weight excluding hydrogens is 374 g/mol. The van der Waals surface area contributed by atoms with Crippen molar-refractivity contribution in [2.75, 3.05) is 4.72 Å². The summed E-state index contributed by atoms with van der Waals surface area (Å²) in [6.07, 6.45) is 2.97. The van der Waals surface area contributed by atoms with Crippen molar-refractivity contribution >= 4 is 27.6 Å². The van der Waals surface area contributed by atoms with Crippen LogP contribution in [-0.4, -0.2) is 19.3 Å². The lowest BCUT2D eigenvalue weighted by atomic mass is 10.1. The highest BCUT2D eigenvalue weighted by Gasteiger charge is 2.17. The number of carbonyl (C=O) groups is 1. The molecule has 6 heteroatoms. The summed E-state index contributed by atoms with van der Waals surface area (Å²) >= 11 is 0. The van der Waals surface area contributed by atoms with Crippen molar-refractivity contribution in [3.63, 3.8) is 0 Å². The molecule has 28 heavy (non-hydrogen) atoms. The molecule has 0 aliphatic carbocycles. The third-order valence-corrected chi connectivity index (χ3v) is 5.47.